The quantitative estimate of drug-likeness (QED) is 0.923. The van der Waals surface area contributed by atoms with Crippen LogP contribution in [-0.4, -0.2) is 36.5 Å². The fourth-order valence-corrected chi connectivity index (χ4v) is 2.87. The van der Waals surface area contributed by atoms with Crippen LogP contribution in [0.5, 0.6) is 0 Å². The highest BCUT2D eigenvalue weighted by Gasteiger charge is 2.26. The van der Waals surface area contributed by atoms with Crippen molar-refractivity contribution in [2.75, 3.05) is 19.6 Å². The zero-order valence-electron chi connectivity index (χ0n) is 11.6. The first-order valence-electron chi connectivity index (χ1n) is 6.91. The van der Waals surface area contributed by atoms with Crippen molar-refractivity contribution in [3.8, 4) is 0 Å². The Balaban J connectivity index is 2.20. The second kappa shape index (κ2) is 6.53. The van der Waals surface area contributed by atoms with Crippen molar-refractivity contribution in [2.45, 2.75) is 32.7 Å². The van der Waals surface area contributed by atoms with Gasteiger partial charge in [-0.25, -0.2) is 0 Å². The third kappa shape index (κ3) is 3.37. The van der Waals surface area contributed by atoms with Gasteiger partial charge in [0, 0.05) is 29.2 Å². The first-order chi connectivity index (χ1) is 9.13. The molecule has 0 spiro atoms. The molecule has 4 heteroatoms. The van der Waals surface area contributed by atoms with Crippen LogP contribution in [0.4, 0.5) is 0 Å². The van der Waals surface area contributed by atoms with Crippen molar-refractivity contribution < 1.29 is 4.79 Å². The summed E-state index contributed by atoms with van der Waals surface area (Å²) in [5, 5.41) is 3.33. The number of nitrogens with zero attached hydrogens (tertiary/aromatic N) is 1. The maximum atomic E-state index is 12.7. The number of carbonyl (C=O) groups excluding carboxylic acids is 1. The third-order valence-electron chi connectivity index (χ3n) is 3.62. The van der Waals surface area contributed by atoms with Gasteiger partial charge >= 0.3 is 0 Å². The SMILES string of the molecule is CCCN(C(=O)c1ccc(C)c(Br)c1)C1CCNC1. The van der Waals surface area contributed by atoms with E-state index in [1.54, 1.807) is 0 Å². The number of nitrogens with one attached hydrogen (secondary N) is 1. The number of rotatable bonds is 4. The minimum Gasteiger partial charge on any atom is -0.334 e. The van der Waals surface area contributed by atoms with E-state index in [0.29, 0.717) is 6.04 Å². The molecule has 1 N–H and O–H groups in total. The molecule has 1 heterocycles. The molecule has 0 radical (unpaired) electrons. The first kappa shape index (κ1) is 14.5. The van der Waals surface area contributed by atoms with Crippen molar-refractivity contribution >= 4 is 21.8 Å². The van der Waals surface area contributed by atoms with Crippen LogP contribution in [-0.2, 0) is 0 Å². The predicted molar refractivity (Wildman–Crippen MR) is 81.5 cm³/mol. The normalized spacial score (nSPS) is 18.6. The van der Waals surface area contributed by atoms with Crippen LogP contribution in [0.25, 0.3) is 0 Å². The molecule has 1 atom stereocenters. The molecule has 19 heavy (non-hydrogen) atoms. The lowest BCUT2D eigenvalue weighted by Crippen LogP contribution is -2.42. The van der Waals surface area contributed by atoms with E-state index >= 15 is 0 Å². The molecule has 1 aromatic carbocycles. The number of carbonyl (C=O) groups is 1. The fourth-order valence-electron chi connectivity index (χ4n) is 2.49. The number of hydrogen-bond donors (Lipinski definition) is 1. The van der Waals surface area contributed by atoms with Gasteiger partial charge in [0.15, 0.2) is 0 Å². The summed E-state index contributed by atoms with van der Waals surface area (Å²) in [6, 6.07) is 6.19. The summed E-state index contributed by atoms with van der Waals surface area (Å²) in [5.41, 5.74) is 1.93. The lowest BCUT2D eigenvalue weighted by atomic mass is 10.1. The highest BCUT2D eigenvalue weighted by atomic mass is 79.9. The van der Waals surface area contributed by atoms with Gasteiger partial charge in [0.25, 0.3) is 5.91 Å². The minimum absolute atomic E-state index is 0.149. The average molecular weight is 325 g/mol. The largest absolute Gasteiger partial charge is 0.334 e. The van der Waals surface area contributed by atoms with Gasteiger partial charge in [0.2, 0.25) is 0 Å². The van der Waals surface area contributed by atoms with Crippen molar-refractivity contribution in [3.63, 3.8) is 0 Å². The molecule has 1 unspecified atom stereocenters. The van der Waals surface area contributed by atoms with Crippen LogP contribution in [0.15, 0.2) is 22.7 Å². The summed E-state index contributed by atoms with van der Waals surface area (Å²) in [5.74, 6) is 0.149. The lowest BCUT2D eigenvalue weighted by molar-refractivity contribution is 0.0692. The van der Waals surface area contributed by atoms with Gasteiger partial charge < -0.3 is 10.2 Å². The third-order valence-corrected chi connectivity index (χ3v) is 4.47. The summed E-state index contributed by atoms with van der Waals surface area (Å²) in [6.45, 7) is 6.90. The lowest BCUT2D eigenvalue weighted by Gasteiger charge is -2.28. The molecule has 0 aromatic heterocycles. The van der Waals surface area contributed by atoms with E-state index in [4.69, 9.17) is 0 Å². The molecule has 2 rings (SSSR count). The molecule has 0 aliphatic carbocycles. The summed E-state index contributed by atoms with van der Waals surface area (Å²) in [6.07, 6.45) is 2.05. The molecule has 0 bridgehead atoms. The van der Waals surface area contributed by atoms with Crippen molar-refractivity contribution in [2.24, 2.45) is 0 Å². The molecule has 1 amide bonds. The molecule has 1 fully saturated rings. The molecule has 0 saturated carbocycles. The standard InChI is InChI=1S/C15H21BrN2O/c1-3-8-18(13-6-7-17-10-13)15(19)12-5-4-11(2)14(16)9-12/h4-5,9,13,17H,3,6-8,10H2,1-2H3. The van der Waals surface area contributed by atoms with E-state index in [1.807, 2.05) is 30.0 Å². The van der Waals surface area contributed by atoms with Crippen molar-refractivity contribution in [1.82, 2.24) is 10.2 Å². The van der Waals surface area contributed by atoms with Crippen molar-refractivity contribution in [3.05, 3.63) is 33.8 Å². The maximum Gasteiger partial charge on any atom is 0.254 e. The topological polar surface area (TPSA) is 32.3 Å². The van der Waals surface area contributed by atoms with Crippen LogP contribution in [0, 0.1) is 6.92 Å². The highest BCUT2D eigenvalue weighted by Crippen LogP contribution is 2.20. The number of benzene rings is 1. The number of halogens is 1. The summed E-state index contributed by atoms with van der Waals surface area (Å²) >= 11 is 3.50. The molecule has 1 aliphatic rings. The zero-order chi connectivity index (χ0) is 13.8. The Hall–Kier alpha value is -0.870. The second-order valence-electron chi connectivity index (χ2n) is 5.11. The molecule has 1 saturated heterocycles. The molecular formula is C15H21BrN2O. The molecule has 104 valence electrons. The van der Waals surface area contributed by atoms with E-state index in [0.717, 1.165) is 48.1 Å². The van der Waals surface area contributed by atoms with E-state index in [1.165, 1.54) is 0 Å². The Kier molecular flexibility index (Phi) is 4.99. The van der Waals surface area contributed by atoms with E-state index in [9.17, 15) is 4.79 Å². The Morgan fingerprint density at radius 1 is 1.53 bits per heavy atom. The Morgan fingerprint density at radius 3 is 2.89 bits per heavy atom. The predicted octanol–water partition coefficient (Wildman–Crippen LogP) is 2.97. The minimum atomic E-state index is 0.149. The molecule has 3 nitrogen and oxygen atoms in total. The first-order valence-corrected chi connectivity index (χ1v) is 7.70. The monoisotopic (exact) mass is 324 g/mol. The molecule has 1 aliphatic heterocycles. The number of aryl methyl sites for hydroxylation is 1. The summed E-state index contributed by atoms with van der Waals surface area (Å²) < 4.78 is 0.999. The van der Waals surface area contributed by atoms with E-state index < -0.39 is 0 Å². The van der Waals surface area contributed by atoms with Gasteiger partial charge in [0.05, 0.1) is 0 Å². The summed E-state index contributed by atoms with van der Waals surface area (Å²) in [4.78, 5) is 14.7. The molecular weight excluding hydrogens is 304 g/mol. The summed E-state index contributed by atoms with van der Waals surface area (Å²) in [7, 11) is 0. The number of hydrogen-bond acceptors (Lipinski definition) is 2. The Labute approximate surface area is 123 Å². The van der Waals surface area contributed by atoms with Crippen LogP contribution < -0.4 is 5.32 Å². The van der Waals surface area contributed by atoms with Crippen molar-refractivity contribution in [1.29, 1.82) is 0 Å². The van der Waals surface area contributed by atoms with Crippen LogP contribution in [0.3, 0.4) is 0 Å². The smallest absolute Gasteiger partial charge is 0.254 e. The van der Waals surface area contributed by atoms with Crippen LogP contribution in [0.1, 0.15) is 35.7 Å². The number of amides is 1. The van der Waals surface area contributed by atoms with Crippen LogP contribution in [0.2, 0.25) is 0 Å². The average Bonchev–Trinajstić information content (AvgIpc) is 2.92. The fraction of sp³-hybridized carbons (Fsp3) is 0.533. The maximum absolute atomic E-state index is 12.7. The van der Waals surface area contributed by atoms with Gasteiger partial charge in [-0.1, -0.05) is 28.9 Å². The van der Waals surface area contributed by atoms with Gasteiger partial charge in [-0.3, -0.25) is 4.79 Å². The Bertz CT molecular complexity index is 455. The van der Waals surface area contributed by atoms with Gasteiger partial charge in [-0.05, 0) is 44.0 Å². The highest BCUT2D eigenvalue weighted by molar-refractivity contribution is 9.10. The molecule has 1 aromatic rings. The zero-order valence-corrected chi connectivity index (χ0v) is 13.2. The van der Waals surface area contributed by atoms with Gasteiger partial charge in [-0.2, -0.15) is 0 Å². The van der Waals surface area contributed by atoms with E-state index in [-0.39, 0.29) is 5.91 Å². The van der Waals surface area contributed by atoms with Crippen LogP contribution >= 0.6 is 15.9 Å². The van der Waals surface area contributed by atoms with E-state index in [2.05, 4.69) is 28.2 Å². The van der Waals surface area contributed by atoms with Gasteiger partial charge in [0.1, 0.15) is 0 Å². The second-order valence-corrected chi connectivity index (χ2v) is 5.96. The van der Waals surface area contributed by atoms with Gasteiger partial charge in [-0.15, -0.1) is 0 Å². The Morgan fingerprint density at radius 2 is 2.32 bits per heavy atom.